The predicted molar refractivity (Wildman–Crippen MR) is 92.6 cm³/mol. The van der Waals surface area contributed by atoms with Gasteiger partial charge in [-0.2, -0.15) is 8.78 Å². The Bertz CT molecular complexity index is 875. The molecule has 0 unspecified atom stereocenters. The summed E-state index contributed by atoms with van der Waals surface area (Å²) in [5.41, 5.74) is 1.43. The number of carbonyl (C=O) groups excluding carboxylic acids is 1. The van der Waals surface area contributed by atoms with Crippen LogP contribution in [0.4, 0.5) is 8.78 Å². The standard InChI is InChI=1S/C20H17F2NO2/c21-20(22)25-18-11-4-2-7-16(18)13-23-19(24)12-15-9-5-8-14-6-1-3-10-17(14)15/h1-11,20H,12-13H2,(H,23,24). The number of rotatable bonds is 6. The third-order valence-electron chi connectivity index (χ3n) is 3.90. The predicted octanol–water partition coefficient (Wildman–Crippen LogP) is 4.30. The highest BCUT2D eigenvalue weighted by molar-refractivity contribution is 5.90. The number of carbonyl (C=O) groups is 1. The van der Waals surface area contributed by atoms with Crippen molar-refractivity contribution in [2.24, 2.45) is 0 Å². The van der Waals surface area contributed by atoms with Crippen LogP contribution in [0.25, 0.3) is 10.8 Å². The van der Waals surface area contributed by atoms with Gasteiger partial charge in [-0.05, 0) is 22.4 Å². The Balaban J connectivity index is 1.67. The van der Waals surface area contributed by atoms with Crippen LogP contribution in [0.15, 0.2) is 66.7 Å². The molecule has 0 bridgehead atoms. The van der Waals surface area contributed by atoms with Crippen molar-refractivity contribution < 1.29 is 18.3 Å². The van der Waals surface area contributed by atoms with Gasteiger partial charge in [0.1, 0.15) is 5.75 Å². The SMILES string of the molecule is O=C(Cc1cccc2ccccc12)NCc1ccccc1OC(F)F. The Morgan fingerprint density at radius 3 is 2.44 bits per heavy atom. The zero-order chi connectivity index (χ0) is 17.6. The molecule has 0 radical (unpaired) electrons. The van der Waals surface area contributed by atoms with Crippen molar-refractivity contribution in [2.45, 2.75) is 19.6 Å². The fraction of sp³-hybridized carbons (Fsp3) is 0.150. The fourth-order valence-electron chi connectivity index (χ4n) is 2.74. The first-order chi connectivity index (χ1) is 12.1. The molecule has 0 saturated heterocycles. The average Bonchev–Trinajstić information content (AvgIpc) is 2.61. The molecule has 0 atom stereocenters. The molecule has 3 rings (SSSR count). The van der Waals surface area contributed by atoms with Crippen molar-refractivity contribution in [1.29, 1.82) is 0 Å². The van der Waals surface area contributed by atoms with Gasteiger partial charge in [0.15, 0.2) is 0 Å². The van der Waals surface area contributed by atoms with Gasteiger partial charge in [0.25, 0.3) is 0 Å². The Labute approximate surface area is 144 Å². The van der Waals surface area contributed by atoms with E-state index in [1.165, 1.54) is 6.07 Å². The molecule has 3 nitrogen and oxygen atoms in total. The summed E-state index contributed by atoms with van der Waals surface area (Å²) in [5, 5.41) is 4.86. The van der Waals surface area contributed by atoms with Gasteiger partial charge in [-0.3, -0.25) is 4.79 Å². The lowest BCUT2D eigenvalue weighted by molar-refractivity contribution is -0.120. The van der Waals surface area contributed by atoms with E-state index in [1.54, 1.807) is 18.2 Å². The molecule has 0 saturated carbocycles. The van der Waals surface area contributed by atoms with Crippen LogP contribution in [0, 0.1) is 0 Å². The number of para-hydroxylation sites is 1. The number of hydrogen-bond donors (Lipinski definition) is 1. The van der Waals surface area contributed by atoms with E-state index in [2.05, 4.69) is 10.1 Å². The summed E-state index contributed by atoms with van der Waals surface area (Å²) in [6.07, 6.45) is 0.221. The number of halogens is 2. The minimum Gasteiger partial charge on any atom is -0.434 e. The lowest BCUT2D eigenvalue weighted by Crippen LogP contribution is -2.25. The van der Waals surface area contributed by atoms with Gasteiger partial charge < -0.3 is 10.1 Å². The molecule has 3 aromatic rings. The molecule has 0 aliphatic rings. The summed E-state index contributed by atoms with van der Waals surface area (Å²) >= 11 is 0. The van der Waals surface area contributed by atoms with Gasteiger partial charge in [0.05, 0.1) is 6.42 Å². The van der Waals surface area contributed by atoms with E-state index in [0.717, 1.165) is 16.3 Å². The third-order valence-corrected chi connectivity index (χ3v) is 3.90. The lowest BCUT2D eigenvalue weighted by Gasteiger charge is -2.12. The molecule has 0 aliphatic carbocycles. The number of amides is 1. The van der Waals surface area contributed by atoms with Gasteiger partial charge in [-0.15, -0.1) is 0 Å². The first kappa shape index (κ1) is 16.9. The second kappa shape index (κ2) is 7.75. The molecule has 0 spiro atoms. The molecule has 3 aromatic carbocycles. The van der Waals surface area contributed by atoms with E-state index in [4.69, 9.17) is 0 Å². The number of fused-ring (bicyclic) bond motifs is 1. The first-order valence-electron chi connectivity index (χ1n) is 7.89. The summed E-state index contributed by atoms with van der Waals surface area (Å²) in [5.74, 6) is -0.105. The summed E-state index contributed by atoms with van der Waals surface area (Å²) < 4.78 is 29.3. The number of hydrogen-bond acceptors (Lipinski definition) is 2. The maximum absolute atomic E-state index is 12.4. The van der Waals surface area contributed by atoms with Crippen molar-refractivity contribution in [3.8, 4) is 5.75 Å². The van der Waals surface area contributed by atoms with Crippen LogP contribution in [0.5, 0.6) is 5.75 Å². The van der Waals surface area contributed by atoms with Crippen LogP contribution in [-0.2, 0) is 17.8 Å². The highest BCUT2D eigenvalue weighted by Gasteiger charge is 2.11. The second-order valence-electron chi connectivity index (χ2n) is 5.58. The van der Waals surface area contributed by atoms with Gasteiger partial charge >= 0.3 is 6.61 Å². The molecule has 1 N–H and O–H groups in total. The van der Waals surface area contributed by atoms with E-state index in [-0.39, 0.29) is 24.6 Å². The maximum atomic E-state index is 12.4. The van der Waals surface area contributed by atoms with Crippen LogP contribution >= 0.6 is 0 Å². The second-order valence-corrected chi connectivity index (χ2v) is 5.58. The van der Waals surface area contributed by atoms with Crippen LogP contribution in [-0.4, -0.2) is 12.5 Å². The smallest absolute Gasteiger partial charge is 0.387 e. The lowest BCUT2D eigenvalue weighted by atomic mass is 10.0. The molecule has 128 valence electrons. The van der Waals surface area contributed by atoms with Crippen molar-refractivity contribution >= 4 is 16.7 Å². The van der Waals surface area contributed by atoms with Crippen LogP contribution < -0.4 is 10.1 Å². The van der Waals surface area contributed by atoms with Gasteiger partial charge in [0.2, 0.25) is 5.91 Å². The number of nitrogens with one attached hydrogen (secondary N) is 1. The van der Waals surface area contributed by atoms with Crippen molar-refractivity contribution in [1.82, 2.24) is 5.32 Å². The number of ether oxygens (including phenoxy) is 1. The minimum atomic E-state index is -2.90. The minimum absolute atomic E-state index is 0.0722. The normalized spacial score (nSPS) is 10.8. The topological polar surface area (TPSA) is 38.3 Å². The molecule has 5 heteroatoms. The van der Waals surface area contributed by atoms with E-state index in [0.29, 0.717) is 5.56 Å². The molecule has 0 aromatic heterocycles. The highest BCUT2D eigenvalue weighted by atomic mass is 19.3. The summed E-state index contributed by atoms with van der Waals surface area (Å²) in [4.78, 5) is 12.3. The quantitative estimate of drug-likeness (QED) is 0.726. The van der Waals surface area contributed by atoms with Gasteiger partial charge in [-0.25, -0.2) is 0 Å². The van der Waals surface area contributed by atoms with E-state index in [9.17, 15) is 13.6 Å². The van der Waals surface area contributed by atoms with Crippen molar-refractivity contribution in [3.63, 3.8) is 0 Å². The molecule has 25 heavy (non-hydrogen) atoms. The first-order valence-corrected chi connectivity index (χ1v) is 7.89. The Morgan fingerprint density at radius 1 is 0.920 bits per heavy atom. The highest BCUT2D eigenvalue weighted by Crippen LogP contribution is 2.21. The van der Waals surface area contributed by atoms with Gasteiger partial charge in [0, 0.05) is 12.1 Å². The number of alkyl halides is 2. The summed E-state index contributed by atoms with van der Waals surface area (Å²) in [7, 11) is 0. The van der Waals surface area contributed by atoms with Crippen molar-refractivity contribution in [3.05, 3.63) is 77.9 Å². The summed E-state index contributed by atoms with van der Waals surface area (Å²) in [6, 6.07) is 20.1. The van der Waals surface area contributed by atoms with Crippen molar-refractivity contribution in [2.75, 3.05) is 0 Å². The summed E-state index contributed by atoms with van der Waals surface area (Å²) in [6.45, 7) is -2.76. The third kappa shape index (κ3) is 4.32. The van der Waals surface area contributed by atoms with Crippen LogP contribution in [0.3, 0.4) is 0 Å². The average molecular weight is 341 g/mol. The molecular formula is C20H17F2NO2. The largest absolute Gasteiger partial charge is 0.434 e. The molecular weight excluding hydrogens is 324 g/mol. The Kier molecular flexibility index (Phi) is 5.23. The fourth-order valence-corrected chi connectivity index (χ4v) is 2.74. The molecule has 1 amide bonds. The molecule has 0 aliphatic heterocycles. The zero-order valence-electron chi connectivity index (χ0n) is 13.4. The monoisotopic (exact) mass is 341 g/mol. The maximum Gasteiger partial charge on any atom is 0.387 e. The van der Waals surface area contributed by atoms with Crippen LogP contribution in [0.1, 0.15) is 11.1 Å². The van der Waals surface area contributed by atoms with Crippen LogP contribution in [0.2, 0.25) is 0 Å². The van der Waals surface area contributed by atoms with E-state index >= 15 is 0 Å². The Morgan fingerprint density at radius 2 is 1.60 bits per heavy atom. The Hall–Kier alpha value is -2.95. The molecule has 0 fully saturated rings. The van der Waals surface area contributed by atoms with E-state index < -0.39 is 6.61 Å². The zero-order valence-corrected chi connectivity index (χ0v) is 13.4. The molecule has 0 heterocycles. The number of benzene rings is 3. The van der Waals surface area contributed by atoms with E-state index in [1.807, 2.05) is 42.5 Å². The van der Waals surface area contributed by atoms with Gasteiger partial charge in [-0.1, -0.05) is 60.7 Å².